The molecule has 1 amide bonds. The van der Waals surface area contributed by atoms with Crippen molar-refractivity contribution in [1.29, 1.82) is 0 Å². The van der Waals surface area contributed by atoms with Gasteiger partial charge in [-0.25, -0.2) is 0 Å². The fourth-order valence-corrected chi connectivity index (χ4v) is 4.34. The summed E-state index contributed by atoms with van der Waals surface area (Å²) >= 11 is 1.33. The van der Waals surface area contributed by atoms with Crippen LogP contribution in [-0.2, 0) is 11.3 Å². The second-order valence-electron chi connectivity index (χ2n) is 7.27. The number of nitrogens with two attached hydrogens (primary N) is 1. The van der Waals surface area contributed by atoms with Gasteiger partial charge in [0.25, 0.3) is 0 Å². The molecule has 2 aliphatic carbocycles. The minimum atomic E-state index is -0.423. The molecule has 2 aromatic rings. The highest BCUT2D eigenvalue weighted by Crippen LogP contribution is 2.40. The number of aryl methyl sites for hydroxylation is 1. The number of thioether (sulfide) groups is 1. The monoisotopic (exact) mass is 373 g/mol. The van der Waals surface area contributed by atoms with E-state index in [-0.39, 0.29) is 18.1 Å². The van der Waals surface area contributed by atoms with Crippen LogP contribution in [0.3, 0.4) is 0 Å². The van der Waals surface area contributed by atoms with E-state index >= 15 is 0 Å². The Kier molecular flexibility index (Phi) is 4.38. The molecule has 0 radical (unpaired) electrons. The van der Waals surface area contributed by atoms with Gasteiger partial charge in [-0.15, -0.1) is 10.2 Å². The van der Waals surface area contributed by atoms with Crippen molar-refractivity contribution >= 4 is 23.5 Å². The Bertz CT molecular complexity index is 877. The zero-order valence-electron chi connectivity index (χ0n) is 15.1. The van der Waals surface area contributed by atoms with Gasteiger partial charge in [0.1, 0.15) is 12.4 Å². The van der Waals surface area contributed by atoms with Gasteiger partial charge < -0.3 is 10.3 Å². The number of primary amides is 1. The molecule has 0 unspecified atom stereocenters. The first-order valence-electron chi connectivity index (χ1n) is 9.01. The zero-order chi connectivity index (χ0) is 18.4. The molecule has 0 atom stereocenters. The molecule has 2 aliphatic rings. The van der Waals surface area contributed by atoms with Crippen LogP contribution in [-0.4, -0.2) is 36.8 Å². The fraction of sp³-hybridized carbons (Fsp3) is 0.556. The van der Waals surface area contributed by atoms with Gasteiger partial charge >= 0.3 is 0 Å². The van der Waals surface area contributed by atoms with Crippen LogP contribution in [0.5, 0.6) is 0 Å². The molecule has 8 heteroatoms. The van der Waals surface area contributed by atoms with Gasteiger partial charge in [0.2, 0.25) is 5.91 Å². The topological polar surface area (TPSA) is 95.8 Å². The van der Waals surface area contributed by atoms with E-state index in [9.17, 15) is 9.59 Å². The second kappa shape index (κ2) is 6.57. The molecule has 0 aromatic carbocycles. The molecular weight excluding hydrogens is 350 g/mol. The first-order valence-corrected chi connectivity index (χ1v) is 10.00. The average molecular weight is 373 g/mol. The molecule has 4 rings (SSSR count). The molecule has 0 aliphatic heterocycles. The van der Waals surface area contributed by atoms with Crippen LogP contribution in [0.2, 0.25) is 0 Å². The molecule has 2 heterocycles. The van der Waals surface area contributed by atoms with E-state index in [0.717, 1.165) is 35.6 Å². The Balaban J connectivity index is 1.50. The van der Waals surface area contributed by atoms with E-state index in [1.807, 2.05) is 13.0 Å². The maximum absolute atomic E-state index is 12.8. The maximum Gasteiger partial charge on any atom is 0.237 e. The number of carbonyl (C=O) groups is 2. The van der Waals surface area contributed by atoms with E-state index in [2.05, 4.69) is 21.7 Å². The lowest BCUT2D eigenvalue weighted by atomic mass is 10.2. The van der Waals surface area contributed by atoms with Crippen molar-refractivity contribution in [3.05, 3.63) is 28.8 Å². The van der Waals surface area contributed by atoms with Crippen molar-refractivity contribution in [3.63, 3.8) is 0 Å². The summed E-state index contributed by atoms with van der Waals surface area (Å²) in [4.78, 5) is 24.1. The number of carbonyl (C=O) groups excluding carboxylic acids is 2. The Labute approximate surface area is 156 Å². The Morgan fingerprint density at radius 3 is 2.58 bits per heavy atom. The van der Waals surface area contributed by atoms with Gasteiger partial charge in [0.15, 0.2) is 10.9 Å². The van der Waals surface area contributed by atoms with Crippen LogP contribution in [0.4, 0.5) is 0 Å². The number of aromatic nitrogens is 4. The van der Waals surface area contributed by atoms with Crippen molar-refractivity contribution in [3.8, 4) is 0 Å². The normalized spacial score (nSPS) is 16.8. The first-order chi connectivity index (χ1) is 12.5. The van der Waals surface area contributed by atoms with Gasteiger partial charge in [-0.3, -0.25) is 14.2 Å². The number of ketones is 1. The average Bonchev–Trinajstić information content (AvgIpc) is 3.50. The van der Waals surface area contributed by atoms with Crippen LogP contribution in [0.1, 0.15) is 65.2 Å². The molecule has 2 aromatic heterocycles. The van der Waals surface area contributed by atoms with Crippen LogP contribution < -0.4 is 5.73 Å². The van der Waals surface area contributed by atoms with Crippen LogP contribution in [0, 0.1) is 13.8 Å². The molecule has 2 fully saturated rings. The third-order valence-electron chi connectivity index (χ3n) is 5.03. The van der Waals surface area contributed by atoms with Gasteiger partial charge in [0.05, 0.1) is 5.75 Å². The van der Waals surface area contributed by atoms with Crippen LogP contribution >= 0.6 is 11.8 Å². The SMILES string of the molecule is Cc1cc(C(=O)CSc2nnc(C3CC3)n2CC(N)=O)c(C)n1C1CC1. The van der Waals surface area contributed by atoms with Gasteiger partial charge in [0, 0.05) is 28.9 Å². The van der Waals surface area contributed by atoms with E-state index in [0.29, 0.717) is 17.1 Å². The predicted molar refractivity (Wildman–Crippen MR) is 98.4 cm³/mol. The quantitative estimate of drug-likeness (QED) is 0.566. The van der Waals surface area contributed by atoms with Gasteiger partial charge in [-0.05, 0) is 45.6 Å². The van der Waals surface area contributed by atoms with E-state index in [4.69, 9.17) is 5.73 Å². The van der Waals surface area contributed by atoms with Crippen molar-refractivity contribution < 1.29 is 9.59 Å². The van der Waals surface area contributed by atoms with Crippen molar-refractivity contribution in [2.24, 2.45) is 5.73 Å². The number of hydrogen-bond acceptors (Lipinski definition) is 5. The minimum absolute atomic E-state index is 0.0611. The van der Waals surface area contributed by atoms with Crippen LogP contribution in [0.15, 0.2) is 11.2 Å². The van der Waals surface area contributed by atoms with Crippen LogP contribution in [0.25, 0.3) is 0 Å². The molecule has 0 bridgehead atoms. The molecule has 0 spiro atoms. The maximum atomic E-state index is 12.8. The summed E-state index contributed by atoms with van der Waals surface area (Å²) in [5, 5.41) is 9.00. The highest BCUT2D eigenvalue weighted by Gasteiger charge is 2.31. The lowest BCUT2D eigenvalue weighted by Gasteiger charge is -2.08. The molecule has 2 saturated carbocycles. The number of nitrogens with zero attached hydrogens (tertiary/aromatic N) is 4. The summed E-state index contributed by atoms with van der Waals surface area (Å²) in [5.41, 5.74) is 8.34. The van der Waals surface area contributed by atoms with Crippen molar-refractivity contribution in [1.82, 2.24) is 19.3 Å². The number of rotatable bonds is 8. The largest absolute Gasteiger partial charge is 0.368 e. The predicted octanol–water partition coefficient (Wildman–Crippen LogP) is 2.37. The Morgan fingerprint density at radius 2 is 1.96 bits per heavy atom. The first kappa shape index (κ1) is 17.3. The van der Waals surface area contributed by atoms with Crippen molar-refractivity contribution in [2.75, 3.05) is 5.75 Å². The molecule has 26 heavy (non-hydrogen) atoms. The molecular formula is C18H23N5O2S. The third-order valence-corrected chi connectivity index (χ3v) is 6.00. The second-order valence-corrected chi connectivity index (χ2v) is 8.21. The number of hydrogen-bond donors (Lipinski definition) is 1. The highest BCUT2D eigenvalue weighted by molar-refractivity contribution is 7.99. The summed E-state index contributed by atoms with van der Waals surface area (Å²) < 4.78 is 4.05. The lowest BCUT2D eigenvalue weighted by molar-refractivity contribution is -0.118. The smallest absolute Gasteiger partial charge is 0.237 e. The van der Waals surface area contributed by atoms with Crippen molar-refractivity contribution in [2.45, 2.75) is 63.2 Å². The summed E-state index contributed by atoms with van der Waals surface area (Å²) in [6, 6.07) is 2.55. The minimum Gasteiger partial charge on any atom is -0.368 e. The molecule has 7 nitrogen and oxygen atoms in total. The van der Waals surface area contributed by atoms with E-state index < -0.39 is 5.91 Å². The van der Waals surface area contributed by atoms with Gasteiger partial charge in [-0.2, -0.15) is 0 Å². The van der Waals surface area contributed by atoms with Gasteiger partial charge in [-0.1, -0.05) is 11.8 Å². The standard InChI is InChI=1S/C18H23N5O2S/c1-10-7-14(11(2)23(10)13-5-6-13)15(24)9-26-18-21-20-17(12-3-4-12)22(18)8-16(19)25/h7,12-13H,3-6,8-9H2,1-2H3,(H2,19,25). The number of Topliss-reactive ketones (excluding diaryl/α,β-unsaturated/α-hetero) is 1. The highest BCUT2D eigenvalue weighted by atomic mass is 32.2. The fourth-order valence-electron chi connectivity index (χ4n) is 3.52. The zero-order valence-corrected chi connectivity index (χ0v) is 15.9. The lowest BCUT2D eigenvalue weighted by Crippen LogP contribution is -2.21. The Morgan fingerprint density at radius 1 is 1.23 bits per heavy atom. The van der Waals surface area contributed by atoms with E-state index in [1.54, 1.807) is 4.57 Å². The molecule has 138 valence electrons. The Hall–Kier alpha value is -2.09. The summed E-state index contributed by atoms with van der Waals surface area (Å²) in [7, 11) is 0. The molecule has 0 saturated heterocycles. The summed E-state index contributed by atoms with van der Waals surface area (Å²) in [6.45, 7) is 4.14. The summed E-state index contributed by atoms with van der Waals surface area (Å²) in [5.74, 6) is 1.11. The molecule has 2 N–H and O–H groups in total. The van der Waals surface area contributed by atoms with E-state index in [1.165, 1.54) is 24.6 Å². The number of amides is 1. The summed E-state index contributed by atoms with van der Waals surface area (Å²) in [6.07, 6.45) is 4.51. The third kappa shape index (κ3) is 3.30.